The van der Waals surface area contributed by atoms with Gasteiger partial charge in [0.05, 0.1) is 18.8 Å². The number of thiophene rings is 1. The lowest BCUT2D eigenvalue weighted by molar-refractivity contribution is -0.0282. The predicted octanol–water partition coefficient (Wildman–Crippen LogP) is 3.12. The van der Waals surface area contributed by atoms with Crippen molar-refractivity contribution in [1.82, 2.24) is 5.32 Å². The quantitative estimate of drug-likeness (QED) is 0.780. The van der Waals surface area contributed by atoms with Crippen LogP contribution in [0.2, 0.25) is 0 Å². The molecule has 19 heavy (non-hydrogen) atoms. The molecule has 1 aromatic rings. The van der Waals surface area contributed by atoms with Crippen LogP contribution in [0.15, 0.2) is 12.1 Å². The molecule has 1 aromatic heterocycles. The van der Waals surface area contributed by atoms with Crippen molar-refractivity contribution in [3.63, 3.8) is 0 Å². The van der Waals surface area contributed by atoms with Crippen LogP contribution < -0.4 is 5.32 Å². The molecule has 3 nitrogen and oxygen atoms in total. The van der Waals surface area contributed by atoms with Gasteiger partial charge in [0.25, 0.3) is 0 Å². The van der Waals surface area contributed by atoms with Gasteiger partial charge in [-0.15, -0.1) is 11.3 Å². The fourth-order valence-electron chi connectivity index (χ4n) is 2.56. The molecule has 1 fully saturated rings. The third kappa shape index (κ3) is 5.22. The molecule has 1 N–H and O–H groups in total. The molecular formula is C15H25NO2S. The zero-order valence-corrected chi connectivity index (χ0v) is 12.8. The maximum atomic E-state index is 5.92. The molecule has 1 aliphatic rings. The second-order valence-corrected chi connectivity index (χ2v) is 6.58. The third-order valence-electron chi connectivity index (χ3n) is 3.64. The minimum absolute atomic E-state index is 0.393. The van der Waals surface area contributed by atoms with Crippen molar-refractivity contribution in [1.29, 1.82) is 0 Å². The highest BCUT2D eigenvalue weighted by atomic mass is 32.1. The number of methoxy groups -OCH3 is 1. The molecule has 2 rings (SSSR count). The minimum atomic E-state index is 0.393. The van der Waals surface area contributed by atoms with Crippen molar-refractivity contribution < 1.29 is 9.47 Å². The third-order valence-corrected chi connectivity index (χ3v) is 4.64. The van der Waals surface area contributed by atoms with Gasteiger partial charge in [0, 0.05) is 30.0 Å². The fraction of sp³-hybridized carbons (Fsp3) is 0.733. The van der Waals surface area contributed by atoms with Crippen molar-refractivity contribution in [2.75, 3.05) is 20.3 Å². The van der Waals surface area contributed by atoms with E-state index < -0.39 is 0 Å². The number of nitrogens with one attached hydrogen (secondary N) is 1. The Morgan fingerprint density at radius 1 is 1.32 bits per heavy atom. The molecule has 1 aliphatic carbocycles. The van der Waals surface area contributed by atoms with E-state index in [-0.39, 0.29) is 0 Å². The van der Waals surface area contributed by atoms with Gasteiger partial charge < -0.3 is 14.8 Å². The first-order chi connectivity index (χ1) is 9.28. The van der Waals surface area contributed by atoms with Crippen LogP contribution in [0.5, 0.6) is 0 Å². The van der Waals surface area contributed by atoms with Crippen molar-refractivity contribution in [2.24, 2.45) is 0 Å². The van der Waals surface area contributed by atoms with Crippen molar-refractivity contribution in [2.45, 2.75) is 51.4 Å². The Bertz CT molecular complexity index is 367. The molecule has 108 valence electrons. The Morgan fingerprint density at radius 2 is 2.16 bits per heavy atom. The number of hydrogen-bond acceptors (Lipinski definition) is 4. The van der Waals surface area contributed by atoms with Crippen LogP contribution >= 0.6 is 11.3 Å². The summed E-state index contributed by atoms with van der Waals surface area (Å²) in [5.41, 5.74) is 0. The molecule has 0 saturated heterocycles. The first kappa shape index (κ1) is 15.0. The van der Waals surface area contributed by atoms with Gasteiger partial charge in [-0.25, -0.2) is 0 Å². The molecule has 4 heteroatoms. The molecule has 0 aromatic carbocycles. The zero-order valence-electron chi connectivity index (χ0n) is 12.0. The lowest BCUT2D eigenvalue weighted by Crippen LogP contribution is -2.29. The largest absolute Gasteiger partial charge is 0.381 e. The highest BCUT2D eigenvalue weighted by molar-refractivity contribution is 7.11. The molecule has 1 saturated carbocycles. The first-order valence-electron chi connectivity index (χ1n) is 7.18. The number of rotatable bonds is 7. The summed E-state index contributed by atoms with van der Waals surface area (Å²) >= 11 is 1.86. The van der Waals surface area contributed by atoms with Gasteiger partial charge in [-0.3, -0.25) is 0 Å². The highest BCUT2D eigenvalue weighted by Crippen LogP contribution is 2.22. The van der Waals surface area contributed by atoms with Gasteiger partial charge in [0.1, 0.15) is 0 Å². The van der Waals surface area contributed by atoms with Crippen LogP contribution in [-0.4, -0.2) is 32.5 Å². The van der Waals surface area contributed by atoms with E-state index in [1.54, 1.807) is 7.11 Å². The van der Waals surface area contributed by atoms with Crippen LogP contribution in [0.3, 0.4) is 0 Å². The van der Waals surface area contributed by atoms with Crippen LogP contribution in [0.1, 0.15) is 35.4 Å². The number of ether oxygens (including phenoxy) is 2. The van der Waals surface area contributed by atoms with Crippen molar-refractivity contribution in [3.8, 4) is 0 Å². The second-order valence-electron chi connectivity index (χ2n) is 5.21. The molecule has 2 atom stereocenters. The summed E-state index contributed by atoms with van der Waals surface area (Å²) in [6.45, 7) is 4.82. The topological polar surface area (TPSA) is 30.5 Å². The van der Waals surface area contributed by atoms with E-state index in [9.17, 15) is 0 Å². The van der Waals surface area contributed by atoms with Gasteiger partial charge >= 0.3 is 0 Å². The Balaban J connectivity index is 1.54. The molecule has 0 amide bonds. The summed E-state index contributed by atoms with van der Waals surface area (Å²) in [6.07, 6.45) is 5.45. The van der Waals surface area contributed by atoms with Crippen molar-refractivity contribution in [3.05, 3.63) is 21.9 Å². The van der Waals surface area contributed by atoms with E-state index in [1.165, 1.54) is 29.0 Å². The van der Waals surface area contributed by atoms with Crippen LogP contribution in [0.4, 0.5) is 0 Å². The molecular weight excluding hydrogens is 258 g/mol. The van der Waals surface area contributed by atoms with E-state index in [4.69, 9.17) is 9.47 Å². The zero-order chi connectivity index (χ0) is 13.5. The van der Waals surface area contributed by atoms with Gasteiger partial charge in [-0.1, -0.05) is 0 Å². The summed E-state index contributed by atoms with van der Waals surface area (Å²) in [6, 6.07) is 4.36. The van der Waals surface area contributed by atoms with E-state index in [0.717, 1.165) is 26.1 Å². The van der Waals surface area contributed by atoms with Gasteiger partial charge in [-0.05, 0) is 44.7 Å². The first-order valence-corrected chi connectivity index (χ1v) is 8.00. The molecule has 2 unspecified atom stereocenters. The summed E-state index contributed by atoms with van der Waals surface area (Å²) < 4.78 is 11.3. The summed E-state index contributed by atoms with van der Waals surface area (Å²) in [7, 11) is 1.80. The van der Waals surface area contributed by atoms with E-state index in [1.807, 2.05) is 11.3 Å². The maximum absolute atomic E-state index is 5.92. The average molecular weight is 283 g/mol. The highest BCUT2D eigenvalue weighted by Gasteiger charge is 2.21. The second kappa shape index (κ2) is 8.00. The maximum Gasteiger partial charge on any atom is 0.0600 e. The van der Waals surface area contributed by atoms with Crippen LogP contribution in [0, 0.1) is 6.92 Å². The Kier molecular flexibility index (Phi) is 6.31. The molecule has 0 bridgehead atoms. The molecule has 0 radical (unpaired) electrons. The molecule has 1 heterocycles. The normalized spacial score (nSPS) is 23.7. The Morgan fingerprint density at radius 3 is 2.89 bits per heavy atom. The van der Waals surface area contributed by atoms with Gasteiger partial charge in [0.2, 0.25) is 0 Å². The average Bonchev–Trinajstić information content (AvgIpc) is 2.84. The standard InChI is InChI=1S/C15H25NO2S/c1-12-6-7-15(19-12)11-16-8-9-18-14-5-3-4-13(10-14)17-2/h6-7,13-14,16H,3-5,8-11H2,1-2H3. The van der Waals surface area contributed by atoms with E-state index in [2.05, 4.69) is 24.4 Å². The Hall–Kier alpha value is -0.420. The van der Waals surface area contributed by atoms with Crippen LogP contribution in [-0.2, 0) is 16.0 Å². The number of hydrogen-bond donors (Lipinski definition) is 1. The summed E-state index contributed by atoms with van der Waals surface area (Å²) in [5, 5.41) is 3.43. The number of aryl methyl sites for hydroxylation is 1. The molecule has 0 spiro atoms. The SMILES string of the molecule is COC1CCCC(OCCNCc2ccc(C)s2)C1. The lowest BCUT2D eigenvalue weighted by Gasteiger charge is -2.28. The smallest absolute Gasteiger partial charge is 0.0600 e. The Labute approximate surface area is 120 Å². The summed E-state index contributed by atoms with van der Waals surface area (Å²) in [4.78, 5) is 2.77. The van der Waals surface area contributed by atoms with Gasteiger partial charge in [-0.2, -0.15) is 0 Å². The van der Waals surface area contributed by atoms with Crippen molar-refractivity contribution >= 4 is 11.3 Å². The predicted molar refractivity (Wildman–Crippen MR) is 79.8 cm³/mol. The van der Waals surface area contributed by atoms with Gasteiger partial charge in [0.15, 0.2) is 0 Å². The fourth-order valence-corrected chi connectivity index (χ4v) is 3.42. The van der Waals surface area contributed by atoms with Crippen LogP contribution in [0.25, 0.3) is 0 Å². The molecule has 0 aliphatic heterocycles. The lowest BCUT2D eigenvalue weighted by atomic mass is 9.95. The summed E-state index contributed by atoms with van der Waals surface area (Å²) in [5.74, 6) is 0. The van der Waals surface area contributed by atoms with E-state index in [0.29, 0.717) is 12.2 Å². The monoisotopic (exact) mass is 283 g/mol. The minimum Gasteiger partial charge on any atom is -0.381 e. The van der Waals surface area contributed by atoms with E-state index >= 15 is 0 Å².